The molecule has 4 heteroatoms. The van der Waals surface area contributed by atoms with Gasteiger partial charge in [-0.15, -0.1) is 0 Å². The average molecular weight is 260 g/mol. The average Bonchev–Trinajstić information content (AvgIpc) is 2.14. The van der Waals surface area contributed by atoms with Gasteiger partial charge in [0.05, 0.1) is 5.60 Å². The molecule has 1 aromatic rings. The van der Waals surface area contributed by atoms with Gasteiger partial charge in [0.1, 0.15) is 5.82 Å². The number of halogens is 2. The highest BCUT2D eigenvalue weighted by atomic mass is 35.5. The third kappa shape index (κ3) is 4.92. The zero-order valence-electron chi connectivity index (χ0n) is 10.7. The summed E-state index contributed by atoms with van der Waals surface area (Å²) in [5.41, 5.74) is 0.484. The molecule has 0 heterocycles. The molecule has 1 aromatic carbocycles. The van der Waals surface area contributed by atoms with E-state index in [-0.39, 0.29) is 17.5 Å². The quantitative estimate of drug-likeness (QED) is 0.860. The number of benzene rings is 1. The Kier molecular flexibility index (Phi) is 4.78. The molecular formula is C13H19ClFNO. The molecule has 1 N–H and O–H groups in total. The van der Waals surface area contributed by atoms with Crippen LogP contribution in [0.2, 0.25) is 5.02 Å². The van der Waals surface area contributed by atoms with Gasteiger partial charge < -0.3 is 10.1 Å². The van der Waals surface area contributed by atoms with E-state index < -0.39 is 0 Å². The first-order valence-electron chi connectivity index (χ1n) is 5.60. The molecule has 0 radical (unpaired) electrons. The zero-order valence-corrected chi connectivity index (χ0v) is 11.4. The minimum atomic E-state index is -0.335. The highest BCUT2D eigenvalue weighted by Crippen LogP contribution is 2.22. The first-order chi connectivity index (χ1) is 7.82. The Morgan fingerprint density at radius 2 is 2.06 bits per heavy atom. The maximum Gasteiger partial charge on any atom is 0.126 e. The highest BCUT2D eigenvalue weighted by molar-refractivity contribution is 6.30. The van der Waals surface area contributed by atoms with Crippen molar-refractivity contribution in [2.24, 2.45) is 0 Å². The third-order valence-corrected chi connectivity index (χ3v) is 2.84. The van der Waals surface area contributed by atoms with Crippen molar-refractivity contribution < 1.29 is 9.13 Å². The number of hydrogen-bond acceptors (Lipinski definition) is 2. The molecule has 0 aliphatic carbocycles. The highest BCUT2D eigenvalue weighted by Gasteiger charge is 2.20. The van der Waals surface area contributed by atoms with Crippen LogP contribution in [0, 0.1) is 5.82 Å². The van der Waals surface area contributed by atoms with Crippen LogP contribution in [0.15, 0.2) is 18.2 Å². The number of nitrogens with one attached hydrogen (secondary N) is 1. The molecule has 0 aromatic heterocycles. The number of methoxy groups -OCH3 is 1. The fourth-order valence-electron chi connectivity index (χ4n) is 1.79. The predicted molar refractivity (Wildman–Crippen MR) is 70.2 cm³/mol. The SMILES string of the molecule is COC(C)(C)CC(C)Nc1cc(F)cc(Cl)c1. The van der Waals surface area contributed by atoms with E-state index in [4.69, 9.17) is 16.3 Å². The van der Waals surface area contributed by atoms with Crippen LogP contribution in [-0.2, 0) is 4.74 Å². The minimum Gasteiger partial charge on any atom is -0.382 e. The Morgan fingerprint density at radius 1 is 1.41 bits per heavy atom. The molecule has 0 amide bonds. The van der Waals surface area contributed by atoms with Gasteiger partial charge in [0.2, 0.25) is 0 Å². The van der Waals surface area contributed by atoms with Gasteiger partial charge in [-0.3, -0.25) is 0 Å². The summed E-state index contributed by atoms with van der Waals surface area (Å²) in [6.45, 7) is 6.06. The monoisotopic (exact) mass is 259 g/mol. The van der Waals surface area contributed by atoms with Gasteiger partial charge in [-0.05, 0) is 45.4 Å². The van der Waals surface area contributed by atoms with Crippen molar-refractivity contribution in [2.75, 3.05) is 12.4 Å². The fraction of sp³-hybridized carbons (Fsp3) is 0.538. The molecule has 0 saturated heterocycles. The lowest BCUT2D eigenvalue weighted by molar-refractivity contribution is 0.0128. The molecule has 2 nitrogen and oxygen atoms in total. The maximum absolute atomic E-state index is 13.1. The van der Waals surface area contributed by atoms with Crippen LogP contribution in [-0.4, -0.2) is 18.8 Å². The van der Waals surface area contributed by atoms with E-state index in [1.165, 1.54) is 12.1 Å². The van der Waals surface area contributed by atoms with Crippen LogP contribution in [0.4, 0.5) is 10.1 Å². The zero-order chi connectivity index (χ0) is 13.1. The van der Waals surface area contributed by atoms with E-state index in [2.05, 4.69) is 5.32 Å². The van der Waals surface area contributed by atoms with Crippen molar-refractivity contribution in [1.82, 2.24) is 0 Å². The molecule has 0 fully saturated rings. The Hall–Kier alpha value is -0.800. The van der Waals surface area contributed by atoms with Crippen molar-refractivity contribution in [3.63, 3.8) is 0 Å². The molecule has 0 aliphatic heterocycles. The van der Waals surface area contributed by atoms with E-state index in [1.807, 2.05) is 20.8 Å². The van der Waals surface area contributed by atoms with E-state index >= 15 is 0 Å². The molecule has 1 unspecified atom stereocenters. The van der Waals surface area contributed by atoms with E-state index in [9.17, 15) is 4.39 Å². The largest absolute Gasteiger partial charge is 0.382 e. The van der Waals surface area contributed by atoms with E-state index in [1.54, 1.807) is 13.2 Å². The predicted octanol–water partition coefficient (Wildman–Crippen LogP) is 4.09. The summed E-state index contributed by atoms with van der Waals surface area (Å²) in [5.74, 6) is -0.335. The van der Waals surface area contributed by atoms with Gasteiger partial charge in [-0.2, -0.15) is 0 Å². The number of hydrogen-bond donors (Lipinski definition) is 1. The smallest absolute Gasteiger partial charge is 0.126 e. The van der Waals surface area contributed by atoms with Gasteiger partial charge in [-0.25, -0.2) is 4.39 Å². The number of ether oxygens (including phenoxy) is 1. The standard InChI is InChI=1S/C13H19ClFNO/c1-9(8-13(2,3)17-4)16-12-6-10(14)5-11(15)7-12/h5-7,9,16H,8H2,1-4H3. The van der Waals surface area contributed by atoms with E-state index in [0.717, 1.165) is 6.42 Å². The fourth-order valence-corrected chi connectivity index (χ4v) is 2.02. The molecule has 1 atom stereocenters. The van der Waals surface area contributed by atoms with Crippen molar-refractivity contribution in [3.8, 4) is 0 Å². The molecule has 0 bridgehead atoms. The first-order valence-corrected chi connectivity index (χ1v) is 5.98. The lowest BCUT2D eigenvalue weighted by Crippen LogP contribution is -2.31. The minimum absolute atomic E-state index is 0.169. The first kappa shape index (κ1) is 14.3. The van der Waals surface area contributed by atoms with Crippen LogP contribution in [0.3, 0.4) is 0 Å². The molecule has 1 rings (SSSR count). The topological polar surface area (TPSA) is 21.3 Å². The van der Waals surface area contributed by atoms with Crippen LogP contribution in [0.1, 0.15) is 27.2 Å². The van der Waals surface area contributed by atoms with Gasteiger partial charge in [0.15, 0.2) is 0 Å². The van der Waals surface area contributed by atoms with E-state index in [0.29, 0.717) is 10.7 Å². The van der Waals surface area contributed by atoms with Crippen molar-refractivity contribution >= 4 is 17.3 Å². The molecule has 0 aliphatic rings. The molecule has 0 saturated carbocycles. The summed E-state index contributed by atoms with van der Waals surface area (Å²) in [5, 5.41) is 3.60. The van der Waals surface area contributed by atoms with Crippen LogP contribution >= 0.6 is 11.6 Å². The van der Waals surface area contributed by atoms with Crippen molar-refractivity contribution in [2.45, 2.75) is 38.8 Å². The maximum atomic E-state index is 13.1. The summed E-state index contributed by atoms with van der Waals surface area (Å²) >= 11 is 5.79. The van der Waals surface area contributed by atoms with Gasteiger partial charge in [0.25, 0.3) is 0 Å². The number of rotatable bonds is 5. The normalized spacial score (nSPS) is 13.5. The second-order valence-electron chi connectivity index (χ2n) is 4.87. The summed E-state index contributed by atoms with van der Waals surface area (Å²) < 4.78 is 18.5. The second-order valence-corrected chi connectivity index (χ2v) is 5.31. The second kappa shape index (κ2) is 5.69. The summed E-state index contributed by atoms with van der Waals surface area (Å²) in [7, 11) is 1.69. The Bertz CT molecular complexity index is 361. The van der Waals surface area contributed by atoms with Gasteiger partial charge in [-0.1, -0.05) is 11.6 Å². The lowest BCUT2D eigenvalue weighted by Gasteiger charge is -2.27. The van der Waals surface area contributed by atoms with Crippen LogP contribution in [0.5, 0.6) is 0 Å². The molecule has 17 heavy (non-hydrogen) atoms. The van der Waals surface area contributed by atoms with Gasteiger partial charge >= 0.3 is 0 Å². The molecule has 96 valence electrons. The van der Waals surface area contributed by atoms with Crippen molar-refractivity contribution in [3.05, 3.63) is 29.0 Å². The lowest BCUT2D eigenvalue weighted by atomic mass is 10.00. The number of anilines is 1. The third-order valence-electron chi connectivity index (χ3n) is 2.63. The Labute approximate surface area is 107 Å². The van der Waals surface area contributed by atoms with Crippen molar-refractivity contribution in [1.29, 1.82) is 0 Å². The molecular weight excluding hydrogens is 241 g/mol. The van der Waals surface area contributed by atoms with Crippen LogP contribution < -0.4 is 5.32 Å². The summed E-state index contributed by atoms with van der Waals surface area (Å²) in [4.78, 5) is 0. The Morgan fingerprint density at radius 3 is 2.59 bits per heavy atom. The Balaban J connectivity index is 2.65. The molecule has 0 spiro atoms. The summed E-state index contributed by atoms with van der Waals surface area (Å²) in [6, 6.07) is 4.60. The van der Waals surface area contributed by atoms with Crippen LogP contribution in [0.25, 0.3) is 0 Å². The van der Waals surface area contributed by atoms with Gasteiger partial charge in [0, 0.05) is 23.9 Å². The summed E-state index contributed by atoms with van der Waals surface area (Å²) in [6.07, 6.45) is 0.817.